The molecule has 0 spiro atoms. The molecule has 18 heavy (non-hydrogen) atoms. The van der Waals surface area contributed by atoms with Crippen molar-refractivity contribution in [3.8, 4) is 0 Å². The molecule has 0 saturated heterocycles. The van der Waals surface area contributed by atoms with Gasteiger partial charge in [-0.15, -0.1) is 0 Å². The van der Waals surface area contributed by atoms with Crippen LogP contribution in [0.1, 0.15) is 29.8 Å². The van der Waals surface area contributed by atoms with Gasteiger partial charge in [0.15, 0.2) is 0 Å². The van der Waals surface area contributed by atoms with Crippen LogP contribution in [-0.2, 0) is 13.0 Å². The summed E-state index contributed by atoms with van der Waals surface area (Å²) in [6.45, 7) is 5.09. The van der Waals surface area contributed by atoms with Gasteiger partial charge in [-0.2, -0.15) is 5.10 Å². The van der Waals surface area contributed by atoms with Gasteiger partial charge in [0.1, 0.15) is 0 Å². The summed E-state index contributed by atoms with van der Waals surface area (Å²) >= 11 is 0. The van der Waals surface area contributed by atoms with E-state index in [1.54, 1.807) is 0 Å². The van der Waals surface area contributed by atoms with Crippen molar-refractivity contribution in [1.82, 2.24) is 20.1 Å². The van der Waals surface area contributed by atoms with Gasteiger partial charge in [-0.1, -0.05) is 0 Å². The van der Waals surface area contributed by atoms with Crippen LogP contribution in [0.4, 0.5) is 0 Å². The van der Waals surface area contributed by atoms with Gasteiger partial charge in [-0.3, -0.25) is 9.67 Å². The normalized spacial score (nSPS) is 12.6. The van der Waals surface area contributed by atoms with Crippen LogP contribution in [0.15, 0.2) is 30.7 Å². The second kappa shape index (κ2) is 5.78. The molecule has 0 aliphatic heterocycles. The van der Waals surface area contributed by atoms with Crippen LogP contribution in [0, 0.1) is 6.92 Å². The summed E-state index contributed by atoms with van der Waals surface area (Å²) in [4.78, 5) is 4.44. The highest BCUT2D eigenvalue weighted by molar-refractivity contribution is 5.19. The molecule has 96 valence electrons. The van der Waals surface area contributed by atoms with Crippen LogP contribution in [0.25, 0.3) is 0 Å². The van der Waals surface area contributed by atoms with Crippen molar-refractivity contribution in [2.24, 2.45) is 0 Å². The first-order chi connectivity index (χ1) is 8.72. The summed E-state index contributed by atoms with van der Waals surface area (Å²) in [5.74, 6) is 0. The van der Waals surface area contributed by atoms with Gasteiger partial charge in [0, 0.05) is 18.9 Å². The van der Waals surface area contributed by atoms with E-state index < -0.39 is 0 Å². The molecule has 2 aromatic heterocycles. The Bertz CT molecular complexity index is 504. The summed E-state index contributed by atoms with van der Waals surface area (Å²) in [5.41, 5.74) is 3.56. The molecule has 0 aliphatic rings. The van der Waals surface area contributed by atoms with E-state index in [2.05, 4.69) is 41.5 Å². The zero-order chi connectivity index (χ0) is 13.0. The number of pyridine rings is 1. The van der Waals surface area contributed by atoms with Crippen LogP contribution in [-0.4, -0.2) is 21.8 Å². The van der Waals surface area contributed by atoms with Crippen LogP contribution in [0.3, 0.4) is 0 Å². The average Bonchev–Trinajstić information content (AvgIpc) is 2.83. The molecule has 1 N–H and O–H groups in total. The summed E-state index contributed by atoms with van der Waals surface area (Å²) in [5, 5.41) is 7.62. The van der Waals surface area contributed by atoms with Gasteiger partial charge < -0.3 is 5.32 Å². The molecule has 4 nitrogen and oxygen atoms in total. The van der Waals surface area contributed by atoms with Crippen LogP contribution in [0.5, 0.6) is 0 Å². The van der Waals surface area contributed by atoms with Crippen LogP contribution >= 0.6 is 0 Å². The van der Waals surface area contributed by atoms with E-state index in [4.69, 9.17) is 0 Å². The lowest BCUT2D eigenvalue weighted by Gasteiger charge is -2.15. The Morgan fingerprint density at radius 1 is 1.44 bits per heavy atom. The standard InChI is InChI=1S/C14H20N4/c1-4-18-10-12(9-17-18)8-13(15-3)14-7-11(2)5-6-16-14/h5-7,9-10,13,15H,4,8H2,1-3H3. The highest BCUT2D eigenvalue weighted by atomic mass is 15.3. The van der Waals surface area contributed by atoms with E-state index in [-0.39, 0.29) is 6.04 Å². The van der Waals surface area contributed by atoms with Crippen molar-refractivity contribution in [1.29, 1.82) is 0 Å². The topological polar surface area (TPSA) is 42.7 Å². The molecule has 1 atom stereocenters. The van der Waals surface area contributed by atoms with Crippen molar-refractivity contribution < 1.29 is 0 Å². The largest absolute Gasteiger partial charge is 0.311 e. The molecule has 2 aromatic rings. The fourth-order valence-electron chi connectivity index (χ4n) is 2.03. The van der Waals surface area contributed by atoms with E-state index >= 15 is 0 Å². The predicted molar refractivity (Wildman–Crippen MR) is 72.4 cm³/mol. The number of hydrogen-bond acceptors (Lipinski definition) is 3. The molecule has 0 bridgehead atoms. The maximum Gasteiger partial charge on any atom is 0.0579 e. The molecular weight excluding hydrogens is 224 g/mol. The fraction of sp³-hybridized carbons (Fsp3) is 0.429. The second-order valence-corrected chi connectivity index (χ2v) is 4.51. The van der Waals surface area contributed by atoms with Crippen molar-refractivity contribution in [3.63, 3.8) is 0 Å². The molecule has 2 heterocycles. The first-order valence-corrected chi connectivity index (χ1v) is 6.34. The highest BCUT2D eigenvalue weighted by Gasteiger charge is 2.12. The minimum atomic E-state index is 0.236. The highest BCUT2D eigenvalue weighted by Crippen LogP contribution is 2.16. The number of nitrogens with one attached hydrogen (secondary N) is 1. The third-order valence-electron chi connectivity index (χ3n) is 3.09. The summed E-state index contributed by atoms with van der Waals surface area (Å²) in [6.07, 6.45) is 6.81. The zero-order valence-electron chi connectivity index (χ0n) is 11.2. The Morgan fingerprint density at radius 2 is 2.28 bits per heavy atom. The maximum atomic E-state index is 4.44. The van der Waals surface area contributed by atoms with E-state index in [1.807, 2.05) is 30.2 Å². The number of aryl methyl sites for hydroxylation is 2. The second-order valence-electron chi connectivity index (χ2n) is 4.51. The lowest BCUT2D eigenvalue weighted by Crippen LogP contribution is -2.19. The molecule has 4 heteroatoms. The maximum absolute atomic E-state index is 4.44. The lowest BCUT2D eigenvalue weighted by atomic mass is 10.0. The fourth-order valence-corrected chi connectivity index (χ4v) is 2.03. The summed E-state index contributed by atoms with van der Waals surface area (Å²) in [6, 6.07) is 4.39. The lowest BCUT2D eigenvalue weighted by molar-refractivity contribution is 0.574. The number of likely N-dealkylation sites (N-methyl/N-ethyl adjacent to an activating group) is 1. The SMILES string of the molecule is CCn1cc(CC(NC)c2cc(C)ccn2)cn1. The Balaban J connectivity index is 2.14. The minimum absolute atomic E-state index is 0.236. The van der Waals surface area contributed by atoms with Crippen LogP contribution in [0.2, 0.25) is 0 Å². The molecule has 1 unspecified atom stereocenters. The monoisotopic (exact) mass is 244 g/mol. The van der Waals surface area contributed by atoms with Gasteiger partial charge in [-0.05, 0) is 50.6 Å². The third-order valence-corrected chi connectivity index (χ3v) is 3.09. The predicted octanol–water partition coefficient (Wildman–Crippen LogP) is 2.11. The summed E-state index contributed by atoms with van der Waals surface area (Å²) in [7, 11) is 1.97. The van der Waals surface area contributed by atoms with E-state index in [0.717, 1.165) is 18.7 Å². The first kappa shape index (κ1) is 12.8. The van der Waals surface area contributed by atoms with Gasteiger partial charge in [0.25, 0.3) is 0 Å². The Morgan fingerprint density at radius 3 is 2.89 bits per heavy atom. The first-order valence-electron chi connectivity index (χ1n) is 6.34. The molecule has 2 rings (SSSR count). The van der Waals surface area contributed by atoms with E-state index in [0.29, 0.717) is 0 Å². The quantitative estimate of drug-likeness (QED) is 0.876. The van der Waals surface area contributed by atoms with Crippen molar-refractivity contribution >= 4 is 0 Å². The van der Waals surface area contributed by atoms with Gasteiger partial charge in [0.2, 0.25) is 0 Å². The van der Waals surface area contributed by atoms with Gasteiger partial charge in [-0.25, -0.2) is 0 Å². The zero-order valence-corrected chi connectivity index (χ0v) is 11.2. The summed E-state index contributed by atoms with van der Waals surface area (Å²) < 4.78 is 1.95. The van der Waals surface area contributed by atoms with E-state index in [1.165, 1.54) is 11.1 Å². The molecule has 0 aromatic carbocycles. The van der Waals surface area contributed by atoms with Gasteiger partial charge in [0.05, 0.1) is 17.9 Å². The smallest absolute Gasteiger partial charge is 0.0579 e. The molecule has 0 fully saturated rings. The molecular formula is C14H20N4. The molecule has 0 saturated carbocycles. The number of rotatable bonds is 5. The van der Waals surface area contributed by atoms with E-state index in [9.17, 15) is 0 Å². The third kappa shape index (κ3) is 2.96. The molecule has 0 amide bonds. The Labute approximate surface area is 108 Å². The number of hydrogen-bond donors (Lipinski definition) is 1. The van der Waals surface area contributed by atoms with Crippen molar-refractivity contribution in [2.75, 3.05) is 7.05 Å². The van der Waals surface area contributed by atoms with Crippen molar-refractivity contribution in [2.45, 2.75) is 32.9 Å². The number of nitrogens with zero attached hydrogens (tertiary/aromatic N) is 3. The molecule has 0 aliphatic carbocycles. The average molecular weight is 244 g/mol. The van der Waals surface area contributed by atoms with Crippen LogP contribution < -0.4 is 5.32 Å². The number of aromatic nitrogens is 3. The van der Waals surface area contributed by atoms with Crippen molar-refractivity contribution in [3.05, 3.63) is 47.5 Å². The Hall–Kier alpha value is -1.68. The molecule has 0 radical (unpaired) electrons. The minimum Gasteiger partial charge on any atom is -0.311 e. The van der Waals surface area contributed by atoms with Gasteiger partial charge >= 0.3 is 0 Å². The Kier molecular flexibility index (Phi) is 4.10.